The maximum atomic E-state index is 11.6. The van der Waals surface area contributed by atoms with Crippen LogP contribution in [0.25, 0.3) is 0 Å². The van der Waals surface area contributed by atoms with Crippen molar-refractivity contribution in [2.24, 2.45) is 0 Å². The average molecular weight is 310 g/mol. The van der Waals surface area contributed by atoms with Crippen LogP contribution >= 0.6 is 0 Å². The number of carbonyl (C=O) groups is 2. The van der Waals surface area contributed by atoms with E-state index in [2.05, 4.69) is 11.9 Å². The molecular formula is C9H12F6N2O3. The summed E-state index contributed by atoms with van der Waals surface area (Å²) >= 11 is 0. The van der Waals surface area contributed by atoms with Crippen molar-refractivity contribution in [1.29, 1.82) is 0 Å². The van der Waals surface area contributed by atoms with Gasteiger partial charge in [-0.15, -0.1) is 6.58 Å². The summed E-state index contributed by atoms with van der Waals surface area (Å²) in [4.78, 5) is 19.1. The molecule has 0 aromatic heterocycles. The van der Waals surface area contributed by atoms with Gasteiger partial charge in [-0.25, -0.2) is 4.79 Å². The van der Waals surface area contributed by atoms with Crippen LogP contribution in [0.1, 0.15) is 0 Å². The first-order valence-electron chi connectivity index (χ1n) is 4.89. The largest absolute Gasteiger partial charge is 0.490 e. The molecule has 1 amide bonds. The zero-order chi connectivity index (χ0) is 16.4. The van der Waals surface area contributed by atoms with E-state index in [1.54, 1.807) is 11.4 Å². The third-order valence-electron chi connectivity index (χ3n) is 1.38. The molecule has 0 saturated carbocycles. The maximum Gasteiger partial charge on any atom is 0.490 e. The Labute approximate surface area is 109 Å². The number of nitrogens with one attached hydrogen (secondary N) is 2. The molecule has 5 nitrogen and oxygen atoms in total. The van der Waals surface area contributed by atoms with Gasteiger partial charge in [-0.1, -0.05) is 6.08 Å². The van der Waals surface area contributed by atoms with E-state index in [1.165, 1.54) is 0 Å². The van der Waals surface area contributed by atoms with Gasteiger partial charge in [0.2, 0.25) is 0 Å². The van der Waals surface area contributed by atoms with Gasteiger partial charge in [-0.2, -0.15) is 26.3 Å². The third kappa shape index (κ3) is 12.7. The molecule has 0 heterocycles. The number of alkyl halides is 6. The van der Waals surface area contributed by atoms with Crippen molar-refractivity contribution in [3.05, 3.63) is 12.7 Å². The van der Waals surface area contributed by atoms with E-state index in [-0.39, 0.29) is 13.1 Å². The Morgan fingerprint density at radius 1 is 1.05 bits per heavy atom. The zero-order valence-corrected chi connectivity index (χ0v) is 9.94. The summed E-state index contributed by atoms with van der Waals surface area (Å²) in [5.41, 5.74) is 0. The van der Waals surface area contributed by atoms with Gasteiger partial charge < -0.3 is 15.7 Å². The van der Waals surface area contributed by atoms with E-state index < -0.39 is 24.2 Å². The van der Waals surface area contributed by atoms with Crippen LogP contribution < -0.4 is 10.6 Å². The van der Waals surface area contributed by atoms with Crippen LogP contribution in [0, 0.1) is 0 Å². The van der Waals surface area contributed by atoms with Gasteiger partial charge in [0, 0.05) is 19.6 Å². The summed E-state index contributed by atoms with van der Waals surface area (Å²) in [6, 6.07) is 0. The lowest BCUT2D eigenvalue weighted by Crippen LogP contribution is -2.40. The second-order valence-corrected chi connectivity index (χ2v) is 3.05. The maximum absolute atomic E-state index is 11.6. The predicted molar refractivity (Wildman–Crippen MR) is 55.8 cm³/mol. The fourth-order valence-electron chi connectivity index (χ4n) is 0.569. The first-order valence-corrected chi connectivity index (χ1v) is 4.89. The van der Waals surface area contributed by atoms with Gasteiger partial charge in [0.15, 0.2) is 0 Å². The molecule has 0 fully saturated rings. The minimum atomic E-state index is -5.08. The lowest BCUT2D eigenvalue weighted by molar-refractivity contribution is -0.192. The molecule has 0 atom stereocenters. The van der Waals surface area contributed by atoms with Crippen molar-refractivity contribution in [2.45, 2.75) is 12.4 Å². The standard InChI is InChI=1S/C7H11F3N2O.C2HF3O2/c1-2-3-11-4-5-12-6(13)7(8,9)10;3-2(4,5)1(6)7/h2,11H,1,3-5H2,(H,12,13);(H,6,7). The molecule has 3 N–H and O–H groups in total. The highest BCUT2D eigenvalue weighted by Crippen LogP contribution is 2.13. The topological polar surface area (TPSA) is 78.4 Å². The van der Waals surface area contributed by atoms with Crippen molar-refractivity contribution in [3.8, 4) is 0 Å². The fraction of sp³-hybridized carbons (Fsp3) is 0.556. The first-order chi connectivity index (χ1) is 8.92. The number of carboxylic acids is 1. The number of carboxylic acid groups (broad SMARTS) is 1. The number of hydrogen-bond acceptors (Lipinski definition) is 3. The summed E-state index contributed by atoms with van der Waals surface area (Å²) in [5, 5.41) is 11.6. The van der Waals surface area contributed by atoms with Gasteiger partial charge in [-0.3, -0.25) is 4.79 Å². The van der Waals surface area contributed by atoms with E-state index in [1.807, 2.05) is 0 Å². The SMILES string of the molecule is C=CCNCCNC(=O)C(F)(F)F.O=C(O)C(F)(F)F. The highest BCUT2D eigenvalue weighted by Gasteiger charge is 2.38. The Morgan fingerprint density at radius 3 is 1.80 bits per heavy atom. The Bertz CT molecular complexity index is 327. The van der Waals surface area contributed by atoms with Crippen LogP contribution in [0.3, 0.4) is 0 Å². The van der Waals surface area contributed by atoms with E-state index in [9.17, 15) is 31.1 Å². The molecule has 0 aliphatic carbocycles. The van der Waals surface area contributed by atoms with Crippen LogP contribution in [-0.4, -0.2) is 49.0 Å². The average Bonchev–Trinajstić information content (AvgIpc) is 2.26. The second kappa shape index (κ2) is 9.18. The summed E-state index contributed by atoms with van der Waals surface area (Å²) in [5.74, 6) is -4.67. The summed E-state index contributed by atoms with van der Waals surface area (Å²) in [6.07, 6.45) is -8.30. The highest BCUT2D eigenvalue weighted by molar-refractivity contribution is 5.81. The number of rotatable bonds is 5. The van der Waals surface area contributed by atoms with Crippen molar-refractivity contribution in [1.82, 2.24) is 10.6 Å². The number of hydrogen-bond donors (Lipinski definition) is 3. The van der Waals surface area contributed by atoms with Crippen LogP contribution in [0.2, 0.25) is 0 Å². The van der Waals surface area contributed by atoms with Crippen molar-refractivity contribution >= 4 is 11.9 Å². The molecule has 0 spiro atoms. The van der Waals surface area contributed by atoms with Crippen molar-refractivity contribution in [2.75, 3.05) is 19.6 Å². The lowest BCUT2D eigenvalue weighted by Gasteiger charge is -2.07. The van der Waals surface area contributed by atoms with Crippen molar-refractivity contribution in [3.63, 3.8) is 0 Å². The molecule has 0 unspecified atom stereocenters. The van der Waals surface area contributed by atoms with Crippen LogP contribution in [0.5, 0.6) is 0 Å². The quantitative estimate of drug-likeness (QED) is 0.403. The van der Waals surface area contributed by atoms with Gasteiger partial charge in [0.05, 0.1) is 0 Å². The number of amides is 1. The minimum Gasteiger partial charge on any atom is -0.475 e. The molecule has 0 aliphatic heterocycles. The van der Waals surface area contributed by atoms with Crippen LogP contribution in [-0.2, 0) is 9.59 Å². The van der Waals surface area contributed by atoms with Gasteiger partial charge in [0.1, 0.15) is 0 Å². The third-order valence-corrected chi connectivity index (χ3v) is 1.38. The molecule has 20 heavy (non-hydrogen) atoms. The molecule has 0 saturated heterocycles. The smallest absolute Gasteiger partial charge is 0.475 e. The van der Waals surface area contributed by atoms with Crippen LogP contribution in [0.15, 0.2) is 12.7 Å². The highest BCUT2D eigenvalue weighted by atomic mass is 19.4. The van der Waals surface area contributed by atoms with E-state index >= 15 is 0 Å². The van der Waals surface area contributed by atoms with Gasteiger partial charge in [0.25, 0.3) is 0 Å². The summed E-state index contributed by atoms with van der Waals surface area (Å²) in [6.45, 7) is 4.14. The minimum absolute atomic E-state index is 0.0494. The molecular weight excluding hydrogens is 298 g/mol. The number of halogens is 6. The monoisotopic (exact) mass is 310 g/mol. The molecule has 0 rings (SSSR count). The normalized spacial score (nSPS) is 11.1. The molecule has 0 aromatic carbocycles. The molecule has 118 valence electrons. The summed E-state index contributed by atoms with van der Waals surface area (Å²) in [7, 11) is 0. The molecule has 0 aliphatic rings. The Kier molecular flexibility index (Phi) is 9.42. The van der Waals surface area contributed by atoms with Gasteiger partial charge >= 0.3 is 24.2 Å². The lowest BCUT2D eigenvalue weighted by atomic mass is 10.5. The van der Waals surface area contributed by atoms with E-state index in [0.29, 0.717) is 6.54 Å². The Morgan fingerprint density at radius 2 is 1.50 bits per heavy atom. The van der Waals surface area contributed by atoms with Gasteiger partial charge in [-0.05, 0) is 0 Å². The Hall–Kier alpha value is -1.78. The summed E-state index contributed by atoms with van der Waals surface area (Å²) < 4.78 is 66.5. The fourth-order valence-corrected chi connectivity index (χ4v) is 0.569. The van der Waals surface area contributed by atoms with E-state index in [4.69, 9.17) is 9.90 Å². The second-order valence-electron chi connectivity index (χ2n) is 3.05. The number of carbonyl (C=O) groups excluding carboxylic acids is 1. The molecule has 0 bridgehead atoms. The van der Waals surface area contributed by atoms with Crippen molar-refractivity contribution < 1.29 is 41.0 Å². The predicted octanol–water partition coefficient (Wildman–Crippen LogP) is 1.07. The zero-order valence-electron chi connectivity index (χ0n) is 9.94. The molecule has 0 aromatic rings. The Balaban J connectivity index is 0. The van der Waals surface area contributed by atoms with E-state index in [0.717, 1.165) is 0 Å². The first kappa shape index (κ1) is 20.5. The molecule has 11 heteroatoms. The number of aliphatic carboxylic acids is 1. The van der Waals surface area contributed by atoms with Crippen LogP contribution in [0.4, 0.5) is 26.3 Å². The molecule has 0 radical (unpaired) electrons.